The predicted molar refractivity (Wildman–Crippen MR) is 150 cm³/mol. The van der Waals surface area contributed by atoms with Gasteiger partial charge >= 0.3 is 0 Å². The molecule has 0 atom stereocenters. The first-order valence-corrected chi connectivity index (χ1v) is 13.2. The highest BCUT2D eigenvalue weighted by molar-refractivity contribution is 7.99. The number of anilines is 1. The van der Waals surface area contributed by atoms with Crippen molar-refractivity contribution in [3.05, 3.63) is 98.8 Å². The number of non-ortho nitro benzene ring substituents is 1. The van der Waals surface area contributed by atoms with Crippen LogP contribution in [0.5, 0.6) is 0 Å². The fourth-order valence-corrected chi connectivity index (χ4v) is 5.06. The molecule has 0 aliphatic rings. The average molecular weight is 528 g/mol. The number of nitro groups is 1. The van der Waals surface area contributed by atoms with Crippen LogP contribution in [0.2, 0.25) is 0 Å². The Morgan fingerprint density at radius 2 is 1.82 bits per heavy atom. The molecule has 0 bridgehead atoms. The molecule has 3 aromatic carbocycles. The van der Waals surface area contributed by atoms with Gasteiger partial charge in [-0.2, -0.15) is 0 Å². The number of hydrogen-bond acceptors (Lipinski definition) is 6. The minimum Gasteiger partial charge on any atom is -0.349 e. The highest BCUT2D eigenvalue weighted by atomic mass is 32.2. The molecule has 0 saturated heterocycles. The SMILES string of the molecule is CCCCc1ccc(NC(=O)CSc2nc3c([nH]c4ccccc43)c(=O)n2-c2ccc([N+](=O)[O-])cc2)cc1. The molecule has 0 spiro atoms. The van der Waals surface area contributed by atoms with E-state index in [1.54, 1.807) is 0 Å². The van der Waals surface area contributed by atoms with Gasteiger partial charge in [0.05, 0.1) is 16.4 Å². The number of nitro benzene ring substituents is 1. The second-order valence-electron chi connectivity index (χ2n) is 8.84. The molecule has 5 rings (SSSR count). The van der Waals surface area contributed by atoms with Crippen LogP contribution in [0.15, 0.2) is 82.7 Å². The Kier molecular flexibility index (Phi) is 7.23. The lowest BCUT2D eigenvalue weighted by Crippen LogP contribution is -2.23. The molecule has 0 radical (unpaired) electrons. The van der Waals surface area contributed by atoms with Gasteiger partial charge in [-0.05, 0) is 48.7 Å². The van der Waals surface area contributed by atoms with Crippen molar-refractivity contribution < 1.29 is 9.72 Å². The topological polar surface area (TPSA) is 123 Å². The van der Waals surface area contributed by atoms with E-state index in [2.05, 4.69) is 17.2 Å². The number of aromatic nitrogens is 3. The smallest absolute Gasteiger partial charge is 0.283 e. The Morgan fingerprint density at radius 3 is 2.53 bits per heavy atom. The van der Waals surface area contributed by atoms with Crippen molar-refractivity contribution in [2.24, 2.45) is 0 Å². The van der Waals surface area contributed by atoms with Gasteiger partial charge in [0, 0.05) is 28.7 Å². The van der Waals surface area contributed by atoms with Gasteiger partial charge in [0.25, 0.3) is 11.2 Å². The maximum Gasteiger partial charge on any atom is 0.283 e. The summed E-state index contributed by atoms with van der Waals surface area (Å²) in [6.45, 7) is 2.15. The third-order valence-electron chi connectivity index (χ3n) is 6.20. The largest absolute Gasteiger partial charge is 0.349 e. The van der Waals surface area contributed by atoms with Gasteiger partial charge in [-0.1, -0.05) is 55.4 Å². The number of unbranched alkanes of at least 4 members (excludes halogenated alkanes) is 1. The van der Waals surface area contributed by atoms with E-state index in [0.29, 0.717) is 27.6 Å². The van der Waals surface area contributed by atoms with E-state index in [1.807, 2.05) is 48.5 Å². The first-order valence-electron chi connectivity index (χ1n) is 12.2. The number of nitrogens with zero attached hydrogens (tertiary/aromatic N) is 3. The van der Waals surface area contributed by atoms with Crippen LogP contribution in [0, 0.1) is 10.1 Å². The first kappa shape index (κ1) is 25.2. The summed E-state index contributed by atoms with van der Waals surface area (Å²) in [7, 11) is 0. The zero-order chi connectivity index (χ0) is 26.6. The van der Waals surface area contributed by atoms with Crippen LogP contribution in [0.1, 0.15) is 25.3 Å². The number of carbonyl (C=O) groups is 1. The monoisotopic (exact) mass is 527 g/mol. The number of rotatable bonds is 9. The van der Waals surface area contributed by atoms with E-state index in [0.717, 1.165) is 41.9 Å². The lowest BCUT2D eigenvalue weighted by Gasteiger charge is -2.12. The lowest BCUT2D eigenvalue weighted by molar-refractivity contribution is -0.384. The van der Waals surface area contributed by atoms with E-state index < -0.39 is 4.92 Å². The Bertz CT molecular complexity index is 1690. The van der Waals surface area contributed by atoms with Crippen LogP contribution in [0.4, 0.5) is 11.4 Å². The number of nitrogens with one attached hydrogen (secondary N) is 2. The maximum absolute atomic E-state index is 13.6. The number of aryl methyl sites for hydroxylation is 1. The van der Waals surface area contributed by atoms with Gasteiger partial charge in [0.2, 0.25) is 5.91 Å². The molecule has 38 heavy (non-hydrogen) atoms. The summed E-state index contributed by atoms with van der Waals surface area (Å²) in [5, 5.41) is 15.1. The summed E-state index contributed by atoms with van der Waals surface area (Å²) in [6.07, 6.45) is 3.24. The minimum atomic E-state index is -0.498. The number of para-hydroxylation sites is 1. The highest BCUT2D eigenvalue weighted by Crippen LogP contribution is 2.27. The predicted octanol–water partition coefficient (Wildman–Crippen LogP) is 5.85. The molecular weight excluding hydrogens is 502 g/mol. The molecule has 9 nitrogen and oxygen atoms in total. The molecule has 2 N–H and O–H groups in total. The highest BCUT2D eigenvalue weighted by Gasteiger charge is 2.19. The van der Waals surface area contributed by atoms with Gasteiger partial charge in [-0.3, -0.25) is 24.3 Å². The van der Waals surface area contributed by atoms with Crippen LogP contribution < -0.4 is 10.9 Å². The standard InChI is InChI=1S/C28H25N5O4S/c1-2-3-6-18-9-11-19(12-10-18)29-24(34)17-38-28-31-25-22-7-4-5-8-23(22)30-26(25)27(35)32(28)20-13-15-21(16-14-20)33(36)37/h4-5,7-16,30H,2-3,6,17H2,1H3,(H,29,34). The number of amides is 1. The van der Waals surface area contributed by atoms with Gasteiger partial charge < -0.3 is 10.3 Å². The molecule has 0 aliphatic carbocycles. The molecule has 0 fully saturated rings. The van der Waals surface area contributed by atoms with Crippen molar-refractivity contribution in [2.75, 3.05) is 11.1 Å². The second-order valence-corrected chi connectivity index (χ2v) is 9.78. The van der Waals surface area contributed by atoms with E-state index >= 15 is 0 Å². The van der Waals surface area contributed by atoms with Crippen LogP contribution in [-0.2, 0) is 11.2 Å². The van der Waals surface area contributed by atoms with Crippen LogP contribution >= 0.6 is 11.8 Å². The van der Waals surface area contributed by atoms with E-state index in [4.69, 9.17) is 4.98 Å². The third-order valence-corrected chi connectivity index (χ3v) is 7.14. The normalized spacial score (nSPS) is 11.2. The Morgan fingerprint density at radius 1 is 1.08 bits per heavy atom. The van der Waals surface area contributed by atoms with Gasteiger partial charge in [0.1, 0.15) is 11.0 Å². The number of aromatic amines is 1. The molecule has 5 aromatic rings. The molecule has 1 amide bonds. The van der Waals surface area contributed by atoms with Gasteiger partial charge in [0.15, 0.2) is 5.16 Å². The summed E-state index contributed by atoms with van der Waals surface area (Å²) >= 11 is 1.13. The zero-order valence-corrected chi connectivity index (χ0v) is 21.5. The van der Waals surface area contributed by atoms with Crippen molar-refractivity contribution in [3.63, 3.8) is 0 Å². The molecule has 0 saturated carbocycles. The van der Waals surface area contributed by atoms with E-state index in [-0.39, 0.29) is 22.9 Å². The third kappa shape index (κ3) is 5.16. The van der Waals surface area contributed by atoms with Crippen molar-refractivity contribution in [1.82, 2.24) is 14.5 Å². The Balaban J connectivity index is 1.46. The van der Waals surface area contributed by atoms with E-state index in [1.165, 1.54) is 34.4 Å². The molecular formula is C28H25N5O4S. The lowest BCUT2D eigenvalue weighted by atomic mass is 10.1. The van der Waals surface area contributed by atoms with Crippen LogP contribution in [0.3, 0.4) is 0 Å². The molecule has 0 unspecified atom stereocenters. The molecule has 2 aromatic heterocycles. The van der Waals surface area contributed by atoms with Crippen molar-refractivity contribution in [3.8, 4) is 5.69 Å². The number of H-pyrrole nitrogens is 1. The molecule has 2 heterocycles. The fourth-order valence-electron chi connectivity index (χ4n) is 4.25. The van der Waals surface area contributed by atoms with Crippen LogP contribution in [-0.4, -0.2) is 31.1 Å². The van der Waals surface area contributed by atoms with Gasteiger partial charge in [-0.15, -0.1) is 0 Å². The first-order chi connectivity index (χ1) is 18.4. The number of benzene rings is 3. The number of carbonyl (C=O) groups excluding carboxylic acids is 1. The quantitative estimate of drug-likeness (QED) is 0.107. The number of hydrogen-bond donors (Lipinski definition) is 2. The minimum absolute atomic E-state index is 0.0187. The summed E-state index contributed by atoms with van der Waals surface area (Å²) < 4.78 is 1.38. The van der Waals surface area contributed by atoms with E-state index in [9.17, 15) is 19.7 Å². The summed E-state index contributed by atoms with van der Waals surface area (Å²) in [5.41, 5.74) is 3.49. The Labute approximate surface area is 222 Å². The Hall–Kier alpha value is -4.44. The number of thioether (sulfide) groups is 1. The fraction of sp³-hybridized carbons (Fsp3) is 0.179. The van der Waals surface area contributed by atoms with Gasteiger partial charge in [-0.25, -0.2) is 4.98 Å². The van der Waals surface area contributed by atoms with Crippen molar-refractivity contribution >= 4 is 51.0 Å². The zero-order valence-electron chi connectivity index (χ0n) is 20.6. The van der Waals surface area contributed by atoms with Crippen molar-refractivity contribution in [1.29, 1.82) is 0 Å². The maximum atomic E-state index is 13.6. The summed E-state index contributed by atoms with van der Waals surface area (Å²) in [6, 6.07) is 20.9. The summed E-state index contributed by atoms with van der Waals surface area (Å²) in [5.74, 6) is -0.218. The van der Waals surface area contributed by atoms with Crippen LogP contribution in [0.25, 0.3) is 27.6 Å². The second kappa shape index (κ2) is 10.9. The number of fused-ring (bicyclic) bond motifs is 3. The molecule has 192 valence electrons. The molecule has 10 heteroatoms. The molecule has 0 aliphatic heterocycles. The average Bonchev–Trinajstić information content (AvgIpc) is 3.31. The summed E-state index contributed by atoms with van der Waals surface area (Å²) in [4.78, 5) is 44.9. The van der Waals surface area contributed by atoms with Crippen molar-refractivity contribution in [2.45, 2.75) is 31.3 Å².